The average Bonchev–Trinajstić information content (AvgIpc) is 2.93. The Bertz CT molecular complexity index is 423. The minimum atomic E-state index is 0.0816. The number of carbonyl (C=O) groups excluding carboxylic acids is 1. The molecule has 2 rings (SSSR count). The van der Waals surface area contributed by atoms with E-state index in [9.17, 15) is 4.79 Å². The highest BCUT2D eigenvalue weighted by Gasteiger charge is 2.22. The van der Waals surface area contributed by atoms with Gasteiger partial charge in [-0.3, -0.25) is 9.69 Å². The van der Waals surface area contributed by atoms with Crippen molar-refractivity contribution in [3.05, 3.63) is 36.3 Å². The van der Waals surface area contributed by atoms with Crippen molar-refractivity contribution in [2.75, 3.05) is 20.6 Å². The van der Waals surface area contributed by atoms with Crippen LogP contribution in [0.5, 0.6) is 0 Å². The van der Waals surface area contributed by atoms with E-state index in [1.165, 1.54) is 0 Å². The van der Waals surface area contributed by atoms with Gasteiger partial charge in [-0.05, 0) is 45.5 Å². The molecule has 0 unspecified atom stereocenters. The summed E-state index contributed by atoms with van der Waals surface area (Å²) in [5.74, 6) is 1.17. The maximum atomic E-state index is 12.1. The predicted molar refractivity (Wildman–Crippen MR) is 74.6 cm³/mol. The van der Waals surface area contributed by atoms with E-state index in [0.29, 0.717) is 6.54 Å². The summed E-state index contributed by atoms with van der Waals surface area (Å²) in [4.78, 5) is 14.2. The van der Waals surface area contributed by atoms with Gasteiger partial charge in [-0.15, -0.1) is 0 Å². The number of hydrogen-bond acceptors (Lipinski definition) is 3. The summed E-state index contributed by atoms with van der Waals surface area (Å²) in [7, 11) is 3.98. The van der Waals surface area contributed by atoms with Crippen LogP contribution < -0.4 is 5.32 Å². The second kappa shape index (κ2) is 6.57. The maximum Gasteiger partial charge on any atom is 0.223 e. The molecule has 1 heterocycles. The number of rotatable bonds is 5. The van der Waals surface area contributed by atoms with Crippen LogP contribution in [-0.4, -0.2) is 31.4 Å². The van der Waals surface area contributed by atoms with E-state index in [4.69, 9.17) is 4.42 Å². The molecular formula is C15H22N2O2. The number of nitrogens with zero attached hydrogens (tertiary/aromatic N) is 1. The molecule has 4 heteroatoms. The normalized spacial score (nSPS) is 20.5. The van der Waals surface area contributed by atoms with Crippen LogP contribution in [0.1, 0.15) is 31.1 Å². The summed E-state index contributed by atoms with van der Waals surface area (Å²) in [6, 6.07) is 3.90. The molecule has 0 bridgehead atoms. The van der Waals surface area contributed by atoms with Crippen molar-refractivity contribution < 1.29 is 9.21 Å². The second-order valence-corrected chi connectivity index (χ2v) is 5.22. The van der Waals surface area contributed by atoms with E-state index in [-0.39, 0.29) is 17.9 Å². The summed E-state index contributed by atoms with van der Waals surface area (Å²) in [6.07, 6.45) is 8.74. The lowest BCUT2D eigenvalue weighted by atomic mass is 9.93. The zero-order valence-electron chi connectivity index (χ0n) is 11.6. The SMILES string of the molecule is CN(C)[C@@H](CNC(=O)[C@H]1CC=CCC1)c1ccco1. The standard InChI is InChI=1S/C15H22N2O2/c1-17(2)13(14-9-6-10-19-14)11-16-15(18)12-7-4-3-5-8-12/h3-4,6,9-10,12-13H,5,7-8,11H2,1-2H3,(H,16,18)/t12-,13-/m0/s1. The molecule has 104 valence electrons. The smallest absolute Gasteiger partial charge is 0.223 e. The third-order valence-electron chi connectivity index (χ3n) is 3.60. The highest BCUT2D eigenvalue weighted by atomic mass is 16.3. The summed E-state index contributed by atoms with van der Waals surface area (Å²) in [5.41, 5.74) is 0. The van der Waals surface area contributed by atoms with E-state index in [1.807, 2.05) is 26.2 Å². The molecule has 19 heavy (non-hydrogen) atoms. The zero-order valence-corrected chi connectivity index (χ0v) is 11.6. The molecule has 0 fully saturated rings. The van der Waals surface area contributed by atoms with Crippen molar-refractivity contribution in [3.63, 3.8) is 0 Å². The van der Waals surface area contributed by atoms with E-state index < -0.39 is 0 Å². The molecule has 1 aliphatic carbocycles. The number of furan rings is 1. The van der Waals surface area contributed by atoms with Crippen molar-refractivity contribution in [2.45, 2.75) is 25.3 Å². The number of nitrogens with one attached hydrogen (secondary N) is 1. The quantitative estimate of drug-likeness (QED) is 0.829. The maximum absolute atomic E-state index is 12.1. The van der Waals surface area contributed by atoms with Crippen molar-refractivity contribution in [2.24, 2.45) is 5.92 Å². The summed E-state index contributed by atoms with van der Waals surface area (Å²) in [6.45, 7) is 0.583. The highest BCUT2D eigenvalue weighted by Crippen LogP contribution is 2.20. The van der Waals surface area contributed by atoms with Crippen LogP contribution in [0.2, 0.25) is 0 Å². The molecule has 1 N–H and O–H groups in total. The van der Waals surface area contributed by atoms with Gasteiger partial charge in [0.1, 0.15) is 5.76 Å². The van der Waals surface area contributed by atoms with Crippen LogP contribution >= 0.6 is 0 Å². The number of allylic oxidation sites excluding steroid dienone is 2. The lowest BCUT2D eigenvalue weighted by Crippen LogP contribution is -2.37. The van der Waals surface area contributed by atoms with Gasteiger partial charge in [0.2, 0.25) is 5.91 Å². The zero-order chi connectivity index (χ0) is 13.7. The first-order chi connectivity index (χ1) is 9.18. The van der Waals surface area contributed by atoms with E-state index in [2.05, 4.69) is 22.4 Å². The van der Waals surface area contributed by atoms with Gasteiger partial charge in [0.25, 0.3) is 0 Å². The van der Waals surface area contributed by atoms with Crippen LogP contribution in [0.3, 0.4) is 0 Å². The molecule has 4 nitrogen and oxygen atoms in total. The average molecular weight is 262 g/mol. The van der Waals surface area contributed by atoms with E-state index in [0.717, 1.165) is 25.0 Å². The van der Waals surface area contributed by atoms with Crippen LogP contribution in [-0.2, 0) is 4.79 Å². The molecular weight excluding hydrogens is 240 g/mol. The minimum absolute atomic E-state index is 0.0816. The van der Waals surface area contributed by atoms with Gasteiger partial charge in [-0.1, -0.05) is 12.2 Å². The molecule has 1 aliphatic rings. The first kappa shape index (κ1) is 13.9. The number of hydrogen-bond donors (Lipinski definition) is 1. The third kappa shape index (κ3) is 3.70. The Hall–Kier alpha value is -1.55. The Balaban J connectivity index is 1.88. The van der Waals surface area contributed by atoms with Crippen molar-refractivity contribution in [1.82, 2.24) is 10.2 Å². The molecule has 0 saturated carbocycles. The van der Waals surface area contributed by atoms with Crippen molar-refractivity contribution >= 4 is 5.91 Å². The summed E-state index contributed by atoms with van der Waals surface area (Å²) in [5, 5.41) is 3.05. The van der Waals surface area contributed by atoms with E-state index >= 15 is 0 Å². The summed E-state index contributed by atoms with van der Waals surface area (Å²) < 4.78 is 5.43. The molecule has 1 aromatic rings. The van der Waals surface area contributed by atoms with Gasteiger partial charge in [0, 0.05) is 12.5 Å². The Morgan fingerprint density at radius 2 is 2.37 bits per heavy atom. The minimum Gasteiger partial charge on any atom is -0.468 e. The van der Waals surface area contributed by atoms with Crippen molar-refractivity contribution in [1.29, 1.82) is 0 Å². The van der Waals surface area contributed by atoms with Crippen LogP contribution in [0.4, 0.5) is 0 Å². The molecule has 2 atom stereocenters. The Morgan fingerprint density at radius 1 is 1.53 bits per heavy atom. The number of carbonyl (C=O) groups is 1. The first-order valence-corrected chi connectivity index (χ1v) is 6.81. The monoisotopic (exact) mass is 262 g/mol. The fourth-order valence-corrected chi connectivity index (χ4v) is 2.39. The number of likely N-dealkylation sites (N-methyl/N-ethyl adjacent to an activating group) is 1. The molecule has 0 radical (unpaired) electrons. The molecule has 0 spiro atoms. The molecule has 1 amide bonds. The van der Waals surface area contributed by atoms with E-state index in [1.54, 1.807) is 6.26 Å². The number of amides is 1. The van der Waals surface area contributed by atoms with Gasteiger partial charge in [0.15, 0.2) is 0 Å². The molecule has 0 aliphatic heterocycles. The van der Waals surface area contributed by atoms with Crippen LogP contribution in [0.15, 0.2) is 35.0 Å². The molecule has 0 saturated heterocycles. The van der Waals surface area contributed by atoms with Crippen LogP contribution in [0, 0.1) is 5.92 Å². The van der Waals surface area contributed by atoms with Gasteiger partial charge in [-0.25, -0.2) is 0 Å². The molecule has 0 aromatic carbocycles. The second-order valence-electron chi connectivity index (χ2n) is 5.22. The van der Waals surface area contributed by atoms with Gasteiger partial charge >= 0.3 is 0 Å². The van der Waals surface area contributed by atoms with Crippen molar-refractivity contribution in [3.8, 4) is 0 Å². The lowest BCUT2D eigenvalue weighted by Gasteiger charge is -2.24. The van der Waals surface area contributed by atoms with Crippen LogP contribution in [0.25, 0.3) is 0 Å². The largest absolute Gasteiger partial charge is 0.468 e. The topological polar surface area (TPSA) is 45.5 Å². The fourth-order valence-electron chi connectivity index (χ4n) is 2.39. The highest BCUT2D eigenvalue weighted by molar-refractivity contribution is 5.79. The van der Waals surface area contributed by atoms with Gasteiger partial charge in [0.05, 0.1) is 12.3 Å². The predicted octanol–water partition coefficient (Wildman–Crippen LogP) is 2.35. The lowest BCUT2D eigenvalue weighted by molar-refractivity contribution is -0.125. The Morgan fingerprint density at radius 3 is 2.95 bits per heavy atom. The Labute approximate surface area is 114 Å². The fraction of sp³-hybridized carbons (Fsp3) is 0.533. The molecule has 1 aromatic heterocycles. The summed E-state index contributed by atoms with van der Waals surface area (Å²) >= 11 is 0. The van der Waals surface area contributed by atoms with Gasteiger partial charge < -0.3 is 9.73 Å². The Kier molecular flexibility index (Phi) is 4.80. The van der Waals surface area contributed by atoms with Gasteiger partial charge in [-0.2, -0.15) is 0 Å². The first-order valence-electron chi connectivity index (χ1n) is 6.81. The third-order valence-corrected chi connectivity index (χ3v) is 3.60.